The zero-order valence-corrected chi connectivity index (χ0v) is 11.1. The minimum Gasteiger partial charge on any atom is -0.464 e. The van der Waals surface area contributed by atoms with E-state index < -0.39 is 6.04 Å². The van der Waals surface area contributed by atoms with Gasteiger partial charge < -0.3 is 9.64 Å². The van der Waals surface area contributed by atoms with Gasteiger partial charge >= 0.3 is 5.97 Å². The second kappa shape index (κ2) is 8.79. The van der Waals surface area contributed by atoms with Crippen LogP contribution in [0.5, 0.6) is 0 Å². The van der Waals surface area contributed by atoms with Gasteiger partial charge in [-0.05, 0) is 19.4 Å². The molecule has 0 aromatic carbocycles. The summed E-state index contributed by atoms with van der Waals surface area (Å²) in [6, 6.07) is -0.563. The number of esters is 1. The van der Waals surface area contributed by atoms with E-state index in [9.17, 15) is 9.59 Å². The molecule has 0 saturated heterocycles. The summed E-state index contributed by atoms with van der Waals surface area (Å²) in [5, 5.41) is 0. The molecule has 0 heterocycles. The second-order valence-electron chi connectivity index (χ2n) is 4.06. The van der Waals surface area contributed by atoms with Crippen molar-refractivity contribution in [3.63, 3.8) is 0 Å². The Balaban J connectivity index is 3.89. The standard InChI is InChI=1S/C13H23NO3/c1-5-7-8-9-10-17-13(16)11(3)14(4)12(15)6-2/h6,11H,2,5,7-10H2,1,3-4H3. The van der Waals surface area contributed by atoms with Crippen LogP contribution in [0.4, 0.5) is 0 Å². The van der Waals surface area contributed by atoms with Crippen molar-refractivity contribution >= 4 is 11.9 Å². The molecule has 0 spiro atoms. The van der Waals surface area contributed by atoms with E-state index in [1.807, 2.05) is 0 Å². The Bertz CT molecular complexity index is 263. The number of rotatable bonds is 8. The maximum Gasteiger partial charge on any atom is 0.328 e. The number of hydrogen-bond acceptors (Lipinski definition) is 3. The number of likely N-dealkylation sites (N-methyl/N-ethyl adjacent to an activating group) is 1. The van der Waals surface area contributed by atoms with Gasteiger partial charge in [0.15, 0.2) is 0 Å². The molecule has 0 rings (SSSR count). The van der Waals surface area contributed by atoms with E-state index in [0.29, 0.717) is 6.61 Å². The molecule has 0 aliphatic heterocycles. The Morgan fingerprint density at radius 2 is 2.00 bits per heavy atom. The molecule has 0 radical (unpaired) electrons. The van der Waals surface area contributed by atoms with Crippen molar-refractivity contribution in [3.05, 3.63) is 12.7 Å². The molecule has 4 nitrogen and oxygen atoms in total. The lowest BCUT2D eigenvalue weighted by atomic mass is 10.2. The number of carbonyl (C=O) groups is 2. The number of amides is 1. The first-order valence-corrected chi connectivity index (χ1v) is 6.10. The zero-order valence-electron chi connectivity index (χ0n) is 11.1. The average Bonchev–Trinajstić information content (AvgIpc) is 2.35. The van der Waals surface area contributed by atoms with Gasteiger partial charge in [-0.15, -0.1) is 0 Å². The summed E-state index contributed by atoms with van der Waals surface area (Å²) in [6.45, 7) is 7.58. The van der Waals surface area contributed by atoms with Crippen molar-refractivity contribution in [2.24, 2.45) is 0 Å². The number of ether oxygens (including phenoxy) is 1. The highest BCUT2D eigenvalue weighted by Gasteiger charge is 2.21. The van der Waals surface area contributed by atoms with E-state index in [-0.39, 0.29) is 11.9 Å². The Labute approximate surface area is 104 Å². The summed E-state index contributed by atoms with van der Waals surface area (Å²) in [5.74, 6) is -0.639. The first-order valence-electron chi connectivity index (χ1n) is 6.10. The van der Waals surface area contributed by atoms with Crippen LogP contribution in [0.2, 0.25) is 0 Å². The minimum absolute atomic E-state index is 0.277. The number of nitrogens with zero attached hydrogens (tertiary/aromatic N) is 1. The quantitative estimate of drug-likeness (QED) is 0.371. The molecule has 98 valence electrons. The van der Waals surface area contributed by atoms with E-state index in [4.69, 9.17) is 4.74 Å². The summed E-state index contributed by atoms with van der Waals surface area (Å²) in [6.07, 6.45) is 5.44. The highest BCUT2D eigenvalue weighted by atomic mass is 16.5. The fourth-order valence-corrected chi connectivity index (χ4v) is 1.32. The molecule has 1 atom stereocenters. The summed E-state index contributed by atoms with van der Waals surface area (Å²) < 4.78 is 5.10. The summed E-state index contributed by atoms with van der Waals surface area (Å²) >= 11 is 0. The molecule has 0 aromatic heterocycles. The number of carbonyl (C=O) groups excluding carboxylic acids is 2. The third-order valence-corrected chi connectivity index (χ3v) is 2.69. The monoisotopic (exact) mass is 241 g/mol. The first-order chi connectivity index (χ1) is 8.04. The van der Waals surface area contributed by atoms with Crippen molar-refractivity contribution in [3.8, 4) is 0 Å². The third-order valence-electron chi connectivity index (χ3n) is 2.69. The van der Waals surface area contributed by atoms with E-state index in [1.165, 1.54) is 11.0 Å². The molecule has 0 N–H and O–H groups in total. The largest absolute Gasteiger partial charge is 0.464 e. The fraction of sp³-hybridized carbons (Fsp3) is 0.692. The van der Waals surface area contributed by atoms with Gasteiger partial charge in [0.05, 0.1) is 6.61 Å². The van der Waals surface area contributed by atoms with Crippen LogP contribution >= 0.6 is 0 Å². The molecule has 17 heavy (non-hydrogen) atoms. The Morgan fingerprint density at radius 3 is 2.53 bits per heavy atom. The van der Waals surface area contributed by atoms with Gasteiger partial charge in [-0.1, -0.05) is 32.8 Å². The highest BCUT2D eigenvalue weighted by molar-refractivity contribution is 5.90. The minimum atomic E-state index is -0.563. The Morgan fingerprint density at radius 1 is 1.35 bits per heavy atom. The van der Waals surface area contributed by atoms with Crippen LogP contribution in [-0.2, 0) is 14.3 Å². The van der Waals surface area contributed by atoms with Crippen molar-refractivity contribution in [2.45, 2.75) is 45.6 Å². The molecule has 0 bridgehead atoms. The predicted molar refractivity (Wildman–Crippen MR) is 67.5 cm³/mol. The summed E-state index contributed by atoms with van der Waals surface area (Å²) in [5.41, 5.74) is 0. The maximum atomic E-state index is 11.6. The fourth-order valence-electron chi connectivity index (χ4n) is 1.32. The molecule has 0 fully saturated rings. The van der Waals surface area contributed by atoms with Gasteiger partial charge in [0.2, 0.25) is 5.91 Å². The Hall–Kier alpha value is -1.32. The highest BCUT2D eigenvalue weighted by Crippen LogP contribution is 2.03. The zero-order chi connectivity index (χ0) is 13.3. The Kier molecular flexibility index (Phi) is 8.11. The lowest BCUT2D eigenvalue weighted by Crippen LogP contribution is -2.40. The van der Waals surface area contributed by atoms with Gasteiger partial charge in [0.25, 0.3) is 0 Å². The molecular weight excluding hydrogens is 218 g/mol. The summed E-state index contributed by atoms with van der Waals surface area (Å²) in [7, 11) is 1.56. The van der Waals surface area contributed by atoms with Gasteiger partial charge in [-0.2, -0.15) is 0 Å². The smallest absolute Gasteiger partial charge is 0.328 e. The van der Waals surface area contributed by atoms with Crippen molar-refractivity contribution in [1.29, 1.82) is 0 Å². The van der Waals surface area contributed by atoms with E-state index in [1.54, 1.807) is 14.0 Å². The molecule has 4 heteroatoms. The maximum absolute atomic E-state index is 11.6. The van der Waals surface area contributed by atoms with Gasteiger partial charge in [0, 0.05) is 7.05 Å². The topological polar surface area (TPSA) is 46.6 Å². The SMILES string of the molecule is C=CC(=O)N(C)C(C)C(=O)OCCCCCC. The number of hydrogen-bond donors (Lipinski definition) is 0. The molecule has 1 amide bonds. The normalized spacial score (nSPS) is 11.7. The molecule has 0 aliphatic carbocycles. The lowest BCUT2D eigenvalue weighted by molar-refractivity contribution is -0.152. The van der Waals surface area contributed by atoms with Crippen LogP contribution in [0.1, 0.15) is 39.5 Å². The van der Waals surface area contributed by atoms with E-state index in [2.05, 4.69) is 13.5 Å². The summed E-state index contributed by atoms with van der Waals surface area (Å²) in [4.78, 5) is 24.2. The van der Waals surface area contributed by atoms with E-state index in [0.717, 1.165) is 25.7 Å². The lowest BCUT2D eigenvalue weighted by Gasteiger charge is -2.21. The van der Waals surface area contributed by atoms with Crippen LogP contribution in [0, 0.1) is 0 Å². The average molecular weight is 241 g/mol. The third kappa shape index (κ3) is 6.09. The first kappa shape index (κ1) is 15.7. The van der Waals surface area contributed by atoms with Crippen molar-refractivity contribution in [1.82, 2.24) is 4.90 Å². The van der Waals surface area contributed by atoms with Crippen molar-refractivity contribution in [2.75, 3.05) is 13.7 Å². The van der Waals surface area contributed by atoms with Gasteiger partial charge in [-0.25, -0.2) is 4.79 Å². The van der Waals surface area contributed by atoms with Crippen LogP contribution in [-0.4, -0.2) is 36.5 Å². The van der Waals surface area contributed by atoms with Crippen LogP contribution in [0.3, 0.4) is 0 Å². The van der Waals surface area contributed by atoms with E-state index >= 15 is 0 Å². The molecule has 1 unspecified atom stereocenters. The molecule has 0 aromatic rings. The van der Waals surface area contributed by atoms with Crippen LogP contribution in [0.25, 0.3) is 0 Å². The number of unbranched alkanes of at least 4 members (excludes halogenated alkanes) is 3. The van der Waals surface area contributed by atoms with Crippen molar-refractivity contribution < 1.29 is 14.3 Å². The van der Waals surface area contributed by atoms with Gasteiger partial charge in [0.1, 0.15) is 6.04 Å². The van der Waals surface area contributed by atoms with Crippen LogP contribution in [0.15, 0.2) is 12.7 Å². The molecular formula is C13H23NO3. The molecule has 0 aliphatic rings. The second-order valence-corrected chi connectivity index (χ2v) is 4.06. The van der Waals surface area contributed by atoms with Gasteiger partial charge in [-0.3, -0.25) is 4.79 Å². The van der Waals surface area contributed by atoms with Crippen LogP contribution < -0.4 is 0 Å². The predicted octanol–water partition coefficient (Wildman–Crippen LogP) is 2.14. The molecule has 0 saturated carbocycles.